The van der Waals surface area contributed by atoms with Crippen LogP contribution in [-0.4, -0.2) is 19.8 Å². The van der Waals surface area contributed by atoms with Gasteiger partial charge in [-0.25, -0.2) is 4.98 Å². The number of hydrogen-bond acceptors (Lipinski definition) is 5. The number of hydrogen-bond donors (Lipinski definition) is 2. The number of benzene rings is 2. The maximum Gasteiger partial charge on any atom is 0.223 e. The molecule has 0 bridgehead atoms. The number of nitrogens with zero attached hydrogens (tertiary/aromatic N) is 2. The van der Waals surface area contributed by atoms with Crippen LogP contribution in [0.25, 0.3) is 16.8 Å². The molecule has 4 rings (SSSR count). The molecule has 0 aliphatic rings. The lowest BCUT2D eigenvalue weighted by Crippen LogP contribution is -2.14. The van der Waals surface area contributed by atoms with Gasteiger partial charge in [-0.05, 0) is 23.3 Å². The molecule has 5 nitrogen and oxygen atoms in total. The van der Waals surface area contributed by atoms with Crippen LogP contribution in [0.4, 0.5) is 0 Å². The molecule has 0 aliphatic heterocycles. The van der Waals surface area contributed by atoms with Gasteiger partial charge in [0.1, 0.15) is 6.10 Å². The lowest BCUT2D eigenvalue weighted by Gasteiger charge is -2.17. The number of aliphatic hydroxyl groups excluding tert-OH is 1. The van der Waals surface area contributed by atoms with Crippen molar-refractivity contribution in [2.75, 3.05) is 0 Å². The zero-order chi connectivity index (χ0) is 19.5. The van der Waals surface area contributed by atoms with Crippen molar-refractivity contribution in [2.45, 2.75) is 12.5 Å². The SMILES string of the molecule is O=c1cc(CC(O)c2cscn2)n(-c2cccc(-c3ccccc3)c2)cc1O. The van der Waals surface area contributed by atoms with Crippen LogP contribution in [0.1, 0.15) is 17.5 Å². The number of aromatic nitrogens is 2. The molecule has 140 valence electrons. The summed E-state index contributed by atoms with van der Waals surface area (Å²) in [6.07, 6.45) is 0.767. The Hall–Kier alpha value is -3.22. The largest absolute Gasteiger partial charge is 0.503 e. The van der Waals surface area contributed by atoms with Gasteiger partial charge in [-0.3, -0.25) is 4.79 Å². The van der Waals surface area contributed by atoms with E-state index in [9.17, 15) is 15.0 Å². The second-order valence-corrected chi connectivity index (χ2v) is 7.15. The Morgan fingerprint density at radius 2 is 1.82 bits per heavy atom. The van der Waals surface area contributed by atoms with Crippen molar-refractivity contribution in [2.24, 2.45) is 0 Å². The molecule has 2 heterocycles. The molecule has 2 aromatic carbocycles. The molecule has 2 aromatic heterocycles. The standard InChI is InChI=1S/C22H18N2O3S/c25-20(19-13-28-14-23-19)10-18-11-21(26)22(27)12-24(18)17-8-4-7-16(9-17)15-5-2-1-3-6-15/h1-9,11-14,20,25,27H,10H2. The minimum absolute atomic E-state index is 0.203. The van der Waals surface area contributed by atoms with Crippen molar-refractivity contribution in [3.05, 3.63) is 99.4 Å². The third kappa shape index (κ3) is 3.74. The van der Waals surface area contributed by atoms with E-state index >= 15 is 0 Å². The average Bonchev–Trinajstić information content (AvgIpc) is 3.26. The van der Waals surface area contributed by atoms with E-state index in [2.05, 4.69) is 4.98 Å². The van der Waals surface area contributed by atoms with Crippen LogP contribution in [-0.2, 0) is 6.42 Å². The van der Waals surface area contributed by atoms with E-state index in [1.54, 1.807) is 15.5 Å². The number of rotatable bonds is 5. The van der Waals surface area contributed by atoms with E-state index in [0.29, 0.717) is 11.4 Å². The summed E-state index contributed by atoms with van der Waals surface area (Å²) in [6.45, 7) is 0. The fraction of sp³-hybridized carbons (Fsp3) is 0.0909. The van der Waals surface area contributed by atoms with Gasteiger partial charge in [0.25, 0.3) is 0 Å². The predicted molar refractivity (Wildman–Crippen MR) is 110 cm³/mol. The normalized spacial score (nSPS) is 12.0. The molecular weight excluding hydrogens is 372 g/mol. The molecule has 28 heavy (non-hydrogen) atoms. The Balaban J connectivity index is 1.77. The Morgan fingerprint density at radius 1 is 1.04 bits per heavy atom. The Morgan fingerprint density at radius 3 is 2.57 bits per heavy atom. The fourth-order valence-electron chi connectivity index (χ4n) is 3.12. The molecule has 4 aromatic rings. The van der Waals surface area contributed by atoms with Gasteiger partial charge >= 0.3 is 0 Å². The fourth-order valence-corrected chi connectivity index (χ4v) is 3.72. The van der Waals surface area contributed by atoms with Gasteiger partial charge in [0.05, 0.1) is 17.4 Å². The van der Waals surface area contributed by atoms with Gasteiger partial charge in [-0.1, -0.05) is 42.5 Å². The molecule has 0 amide bonds. The minimum atomic E-state index is -0.834. The smallest absolute Gasteiger partial charge is 0.223 e. The Bertz CT molecular complexity index is 1140. The van der Waals surface area contributed by atoms with E-state index in [4.69, 9.17) is 0 Å². The summed E-state index contributed by atoms with van der Waals surface area (Å²) in [5.41, 5.74) is 5.21. The topological polar surface area (TPSA) is 75.3 Å². The van der Waals surface area contributed by atoms with E-state index in [0.717, 1.165) is 16.8 Å². The molecule has 0 saturated heterocycles. The summed E-state index contributed by atoms with van der Waals surface area (Å²) in [5.74, 6) is -0.336. The summed E-state index contributed by atoms with van der Waals surface area (Å²) < 4.78 is 1.73. The maximum absolute atomic E-state index is 12.0. The van der Waals surface area contributed by atoms with Crippen molar-refractivity contribution >= 4 is 11.3 Å². The number of aromatic hydroxyl groups is 1. The molecule has 2 N–H and O–H groups in total. The number of pyridine rings is 1. The van der Waals surface area contributed by atoms with Crippen molar-refractivity contribution in [3.63, 3.8) is 0 Å². The van der Waals surface area contributed by atoms with Crippen LogP contribution in [0, 0.1) is 0 Å². The van der Waals surface area contributed by atoms with Crippen LogP contribution < -0.4 is 5.43 Å². The van der Waals surface area contributed by atoms with Crippen LogP contribution in [0.3, 0.4) is 0 Å². The minimum Gasteiger partial charge on any atom is -0.503 e. The maximum atomic E-state index is 12.0. The summed E-state index contributed by atoms with van der Waals surface area (Å²) >= 11 is 1.40. The molecule has 0 spiro atoms. The van der Waals surface area contributed by atoms with Crippen LogP contribution in [0.2, 0.25) is 0 Å². The van der Waals surface area contributed by atoms with E-state index in [1.165, 1.54) is 23.6 Å². The average molecular weight is 390 g/mol. The molecule has 1 unspecified atom stereocenters. The van der Waals surface area contributed by atoms with E-state index < -0.39 is 11.5 Å². The van der Waals surface area contributed by atoms with Crippen molar-refractivity contribution < 1.29 is 10.2 Å². The summed E-state index contributed by atoms with van der Waals surface area (Å²) in [5, 5.41) is 22.3. The van der Waals surface area contributed by atoms with Gasteiger partial charge < -0.3 is 14.8 Å². The highest BCUT2D eigenvalue weighted by Gasteiger charge is 2.15. The third-order valence-corrected chi connectivity index (χ3v) is 5.14. The Labute approximate surface area is 165 Å². The van der Waals surface area contributed by atoms with E-state index in [1.807, 2.05) is 54.6 Å². The zero-order valence-corrected chi connectivity index (χ0v) is 15.7. The van der Waals surface area contributed by atoms with Crippen LogP contribution >= 0.6 is 11.3 Å². The highest BCUT2D eigenvalue weighted by Crippen LogP contribution is 2.25. The van der Waals surface area contributed by atoms with Gasteiger partial charge in [0.2, 0.25) is 5.43 Å². The van der Waals surface area contributed by atoms with Gasteiger partial charge in [-0.2, -0.15) is 0 Å². The van der Waals surface area contributed by atoms with Crippen LogP contribution in [0.15, 0.2) is 82.5 Å². The molecule has 0 radical (unpaired) electrons. The highest BCUT2D eigenvalue weighted by atomic mass is 32.1. The van der Waals surface area contributed by atoms with Gasteiger partial charge in [-0.15, -0.1) is 11.3 Å². The quantitative estimate of drug-likeness (QED) is 0.541. The summed E-state index contributed by atoms with van der Waals surface area (Å²) in [4.78, 5) is 16.2. The molecule has 0 fully saturated rings. The van der Waals surface area contributed by atoms with Gasteiger partial charge in [0, 0.05) is 29.2 Å². The summed E-state index contributed by atoms with van der Waals surface area (Å²) in [7, 11) is 0. The molecule has 0 saturated carbocycles. The monoisotopic (exact) mass is 390 g/mol. The molecule has 0 aliphatic carbocycles. The number of thiazole rings is 1. The molecule has 6 heteroatoms. The lowest BCUT2D eigenvalue weighted by molar-refractivity contribution is 0.172. The first-order valence-electron chi connectivity index (χ1n) is 8.78. The number of aliphatic hydroxyl groups is 1. The summed E-state index contributed by atoms with van der Waals surface area (Å²) in [6, 6.07) is 19.1. The lowest BCUT2D eigenvalue weighted by atomic mass is 10.0. The Kier molecular flexibility index (Phi) is 5.06. The van der Waals surface area contributed by atoms with E-state index in [-0.39, 0.29) is 12.2 Å². The zero-order valence-electron chi connectivity index (χ0n) is 14.9. The van der Waals surface area contributed by atoms with Crippen LogP contribution in [0.5, 0.6) is 5.75 Å². The third-order valence-electron chi connectivity index (χ3n) is 4.54. The van der Waals surface area contributed by atoms with Crippen molar-refractivity contribution in [3.8, 4) is 22.6 Å². The first-order chi connectivity index (χ1) is 13.6. The first kappa shape index (κ1) is 18.2. The van der Waals surface area contributed by atoms with Crippen molar-refractivity contribution in [1.82, 2.24) is 9.55 Å². The van der Waals surface area contributed by atoms with Crippen molar-refractivity contribution in [1.29, 1.82) is 0 Å². The van der Waals surface area contributed by atoms with Gasteiger partial charge in [0.15, 0.2) is 5.75 Å². The molecular formula is C22H18N2O3S. The predicted octanol–water partition coefficient (Wildman–Crippen LogP) is 3.94. The highest BCUT2D eigenvalue weighted by molar-refractivity contribution is 7.07. The second-order valence-electron chi connectivity index (χ2n) is 6.43. The first-order valence-corrected chi connectivity index (χ1v) is 9.72. The molecule has 1 atom stereocenters. The second kappa shape index (κ2) is 7.80.